The second kappa shape index (κ2) is 16.8. The van der Waals surface area contributed by atoms with E-state index in [9.17, 15) is 19.2 Å². The highest BCUT2D eigenvalue weighted by Crippen LogP contribution is 2.30. The van der Waals surface area contributed by atoms with Crippen LogP contribution >= 0.6 is 0 Å². The van der Waals surface area contributed by atoms with E-state index in [-0.39, 0.29) is 48.6 Å². The highest BCUT2D eigenvalue weighted by molar-refractivity contribution is 5.76. The number of hydrogen-bond acceptors (Lipinski definition) is 12. The van der Waals surface area contributed by atoms with Crippen LogP contribution < -0.4 is 15.2 Å². The highest BCUT2D eigenvalue weighted by Gasteiger charge is 2.26. The fraction of sp³-hybridized carbons (Fsp3) is 0.667. The van der Waals surface area contributed by atoms with Gasteiger partial charge in [-0.2, -0.15) is 0 Å². The van der Waals surface area contributed by atoms with Crippen LogP contribution in [0.1, 0.15) is 80.7 Å². The molecule has 0 aliphatic heterocycles. The molecular formula is C30H47NO11. The minimum atomic E-state index is -1.11. The number of rotatable bonds is 13. The minimum absolute atomic E-state index is 0.0119. The fourth-order valence-corrected chi connectivity index (χ4v) is 2.92. The van der Waals surface area contributed by atoms with E-state index in [0.29, 0.717) is 12.0 Å². The Morgan fingerprint density at radius 2 is 1.29 bits per heavy atom. The standard InChI is InChI=1S/C30H47NO11/c1-10-11-14-36-26(33)40-20(3)19(2)39-25(32)22(31)15-21-12-13-23(41-27(34)37-17-29(4,5)6)24(16-21)42-28(35)38-18-30(7,8)9/h12-13,16,19-20,22H,10-11,14-15,17-18,31H2,1-9H3/t19-,20-,22-/m0/s1. The molecule has 1 aromatic rings. The summed E-state index contributed by atoms with van der Waals surface area (Å²) in [7, 11) is 0. The zero-order chi connectivity index (χ0) is 32.1. The van der Waals surface area contributed by atoms with Crippen LogP contribution in [0.5, 0.6) is 11.5 Å². The minimum Gasteiger partial charge on any atom is -0.458 e. The number of benzene rings is 1. The molecule has 1 rings (SSSR count). The van der Waals surface area contributed by atoms with Gasteiger partial charge in [0.25, 0.3) is 0 Å². The van der Waals surface area contributed by atoms with Gasteiger partial charge in [-0.3, -0.25) is 4.79 Å². The van der Waals surface area contributed by atoms with Crippen LogP contribution in [0.25, 0.3) is 0 Å². The lowest BCUT2D eigenvalue weighted by molar-refractivity contribution is -0.155. The van der Waals surface area contributed by atoms with Gasteiger partial charge in [-0.15, -0.1) is 0 Å². The van der Waals surface area contributed by atoms with Crippen molar-refractivity contribution in [1.29, 1.82) is 0 Å². The Morgan fingerprint density at radius 1 is 0.762 bits per heavy atom. The predicted molar refractivity (Wildman–Crippen MR) is 153 cm³/mol. The second-order valence-electron chi connectivity index (χ2n) is 12.4. The van der Waals surface area contributed by atoms with E-state index < -0.39 is 42.7 Å². The Bertz CT molecular complexity index is 1040. The molecule has 12 heteroatoms. The van der Waals surface area contributed by atoms with E-state index in [0.717, 1.165) is 6.42 Å². The largest absolute Gasteiger partial charge is 0.513 e. The summed E-state index contributed by atoms with van der Waals surface area (Å²) in [5.74, 6) is -0.959. The lowest BCUT2D eigenvalue weighted by Gasteiger charge is -2.22. The fourth-order valence-electron chi connectivity index (χ4n) is 2.92. The molecular weight excluding hydrogens is 550 g/mol. The Balaban J connectivity index is 2.93. The Morgan fingerprint density at radius 3 is 1.81 bits per heavy atom. The lowest BCUT2D eigenvalue weighted by Crippen LogP contribution is -2.39. The van der Waals surface area contributed by atoms with E-state index in [1.807, 2.05) is 48.5 Å². The molecule has 42 heavy (non-hydrogen) atoms. The van der Waals surface area contributed by atoms with Crippen molar-refractivity contribution in [1.82, 2.24) is 0 Å². The summed E-state index contributed by atoms with van der Waals surface area (Å²) in [4.78, 5) is 49.1. The molecule has 0 saturated heterocycles. The van der Waals surface area contributed by atoms with Gasteiger partial charge in [-0.1, -0.05) is 61.0 Å². The van der Waals surface area contributed by atoms with Crippen molar-refractivity contribution in [2.45, 2.75) is 99.8 Å². The van der Waals surface area contributed by atoms with Crippen LogP contribution in [0, 0.1) is 10.8 Å². The van der Waals surface area contributed by atoms with Crippen LogP contribution in [0.4, 0.5) is 14.4 Å². The summed E-state index contributed by atoms with van der Waals surface area (Å²) >= 11 is 0. The maximum absolute atomic E-state index is 12.7. The van der Waals surface area contributed by atoms with E-state index in [2.05, 4.69) is 0 Å². The molecule has 0 bridgehead atoms. The number of nitrogens with two attached hydrogens (primary N) is 1. The van der Waals surface area contributed by atoms with Gasteiger partial charge in [-0.25, -0.2) is 14.4 Å². The van der Waals surface area contributed by atoms with Crippen molar-refractivity contribution in [2.75, 3.05) is 19.8 Å². The van der Waals surface area contributed by atoms with E-state index in [1.54, 1.807) is 19.9 Å². The molecule has 3 atom stereocenters. The number of carbonyl (C=O) groups is 4. The predicted octanol–water partition coefficient (Wildman–Crippen LogP) is 5.95. The summed E-state index contributed by atoms with van der Waals surface area (Å²) in [5, 5.41) is 0. The van der Waals surface area contributed by atoms with E-state index in [1.165, 1.54) is 12.1 Å². The smallest absolute Gasteiger partial charge is 0.458 e. The molecule has 2 N–H and O–H groups in total. The summed E-state index contributed by atoms with van der Waals surface area (Å²) in [6, 6.07) is 3.23. The third kappa shape index (κ3) is 15.5. The summed E-state index contributed by atoms with van der Waals surface area (Å²) < 4.78 is 36.4. The average Bonchev–Trinajstić information content (AvgIpc) is 2.87. The zero-order valence-electron chi connectivity index (χ0n) is 26.3. The monoisotopic (exact) mass is 597 g/mol. The number of unbranched alkanes of at least 4 members (excludes halogenated alkanes) is 1. The van der Waals surface area contributed by atoms with Gasteiger partial charge in [-0.05, 0) is 55.2 Å². The first kappa shape index (κ1) is 36.5. The molecule has 0 heterocycles. The molecule has 0 aliphatic rings. The molecule has 0 aromatic heterocycles. The van der Waals surface area contributed by atoms with Gasteiger partial charge in [0.2, 0.25) is 0 Å². The van der Waals surface area contributed by atoms with Crippen molar-refractivity contribution in [3.05, 3.63) is 23.8 Å². The van der Waals surface area contributed by atoms with Crippen LogP contribution in [-0.4, -0.2) is 62.5 Å². The van der Waals surface area contributed by atoms with Gasteiger partial charge in [0.15, 0.2) is 11.5 Å². The number of hydrogen-bond donors (Lipinski definition) is 1. The van der Waals surface area contributed by atoms with Crippen molar-refractivity contribution in [2.24, 2.45) is 16.6 Å². The Kier molecular flexibility index (Phi) is 14.6. The topological polar surface area (TPSA) is 159 Å². The summed E-state index contributed by atoms with van der Waals surface area (Å²) in [5.41, 5.74) is 5.96. The molecule has 0 saturated carbocycles. The maximum Gasteiger partial charge on any atom is 0.513 e. The molecule has 1 aromatic carbocycles. The number of esters is 1. The Hall–Kier alpha value is -3.54. The first-order valence-corrected chi connectivity index (χ1v) is 14.0. The lowest BCUT2D eigenvalue weighted by atomic mass is 9.99. The zero-order valence-corrected chi connectivity index (χ0v) is 26.3. The van der Waals surface area contributed by atoms with Crippen LogP contribution in [-0.2, 0) is 34.9 Å². The molecule has 0 unspecified atom stereocenters. The first-order valence-electron chi connectivity index (χ1n) is 14.0. The van der Waals surface area contributed by atoms with Gasteiger partial charge in [0.1, 0.15) is 18.2 Å². The molecule has 0 amide bonds. The molecule has 0 fully saturated rings. The van der Waals surface area contributed by atoms with Crippen LogP contribution in [0.2, 0.25) is 0 Å². The average molecular weight is 598 g/mol. The van der Waals surface area contributed by atoms with Crippen molar-refractivity contribution in [3.63, 3.8) is 0 Å². The first-order chi connectivity index (χ1) is 19.4. The third-order valence-corrected chi connectivity index (χ3v) is 5.36. The number of carbonyl (C=O) groups excluding carboxylic acids is 4. The summed E-state index contributed by atoms with van der Waals surface area (Å²) in [6.07, 6.45) is -2.84. The molecule has 238 valence electrons. The van der Waals surface area contributed by atoms with Crippen molar-refractivity contribution >= 4 is 24.4 Å². The van der Waals surface area contributed by atoms with E-state index in [4.69, 9.17) is 38.9 Å². The molecule has 0 radical (unpaired) electrons. The Labute approximate surface area is 248 Å². The second-order valence-corrected chi connectivity index (χ2v) is 12.4. The molecule has 0 aliphatic carbocycles. The quantitative estimate of drug-likeness (QED) is 0.123. The normalized spacial score (nSPS) is 13.7. The molecule has 0 spiro atoms. The maximum atomic E-state index is 12.7. The van der Waals surface area contributed by atoms with Gasteiger partial charge >= 0.3 is 24.4 Å². The highest BCUT2D eigenvalue weighted by atomic mass is 16.7. The number of ether oxygens (including phenoxy) is 7. The van der Waals surface area contributed by atoms with Crippen LogP contribution in [0.3, 0.4) is 0 Å². The summed E-state index contributed by atoms with van der Waals surface area (Å²) in [6.45, 7) is 16.8. The third-order valence-electron chi connectivity index (χ3n) is 5.36. The van der Waals surface area contributed by atoms with Gasteiger partial charge in [0, 0.05) is 0 Å². The van der Waals surface area contributed by atoms with Gasteiger partial charge in [0.05, 0.1) is 19.8 Å². The van der Waals surface area contributed by atoms with Gasteiger partial charge < -0.3 is 38.9 Å². The molecule has 12 nitrogen and oxygen atoms in total. The van der Waals surface area contributed by atoms with Crippen LogP contribution in [0.15, 0.2) is 18.2 Å². The van der Waals surface area contributed by atoms with Crippen molar-refractivity contribution in [3.8, 4) is 11.5 Å². The SMILES string of the molecule is CCCCOC(=O)O[C@@H](C)[C@H](C)OC(=O)[C@@H](N)Cc1ccc(OC(=O)OCC(C)(C)C)c(OC(=O)OCC(C)(C)C)c1. The van der Waals surface area contributed by atoms with E-state index >= 15 is 0 Å². The van der Waals surface area contributed by atoms with Crippen molar-refractivity contribution < 1.29 is 52.3 Å².